The van der Waals surface area contributed by atoms with Gasteiger partial charge in [0, 0.05) is 11.9 Å². The Balaban J connectivity index is 1.93. The van der Waals surface area contributed by atoms with Gasteiger partial charge in [0.2, 0.25) is 0 Å². The number of hydrazine groups is 1. The molecule has 1 aliphatic rings. The summed E-state index contributed by atoms with van der Waals surface area (Å²) in [5.41, 5.74) is 3.66. The fourth-order valence-corrected chi connectivity index (χ4v) is 1.83. The van der Waals surface area contributed by atoms with Crippen molar-refractivity contribution in [3.63, 3.8) is 0 Å². The number of aromatic nitrogens is 1. The van der Waals surface area contributed by atoms with Crippen molar-refractivity contribution in [1.29, 1.82) is 0 Å². The molecule has 1 aromatic heterocycles. The molecule has 66 valence electrons. The topological polar surface area (TPSA) is 54.2 Å². The van der Waals surface area contributed by atoms with Crippen molar-refractivity contribution in [3.8, 4) is 0 Å². The lowest BCUT2D eigenvalue weighted by Crippen LogP contribution is -2.36. The Kier molecular flexibility index (Phi) is 2.25. The average Bonchev–Trinajstić information content (AvgIpc) is 2.44. The van der Waals surface area contributed by atoms with Crippen LogP contribution in [0.5, 0.6) is 0 Å². The molecule has 0 aliphatic carbocycles. The number of anilines is 1. The molecule has 2 heterocycles. The van der Waals surface area contributed by atoms with E-state index in [1.807, 2.05) is 5.38 Å². The van der Waals surface area contributed by atoms with E-state index >= 15 is 0 Å². The number of thiazole rings is 1. The predicted molar refractivity (Wildman–Crippen MR) is 49.8 cm³/mol. The Labute approximate surface area is 75.4 Å². The first-order chi connectivity index (χ1) is 5.88. The highest BCUT2D eigenvalue weighted by Gasteiger charge is 2.14. The maximum Gasteiger partial charge on any atom is 0.197 e. The number of likely N-dealkylation sites (tertiary alicyclic amines) is 1. The quantitative estimate of drug-likeness (QED) is 0.534. The Bertz CT molecular complexity index is 256. The Hall–Kier alpha value is -0.650. The first-order valence-electron chi connectivity index (χ1n) is 4.02. The summed E-state index contributed by atoms with van der Waals surface area (Å²) in [7, 11) is 0. The predicted octanol–water partition coefficient (Wildman–Crippen LogP) is 0.634. The molecule has 0 atom stereocenters. The monoisotopic (exact) mass is 184 g/mol. The van der Waals surface area contributed by atoms with E-state index in [1.54, 1.807) is 11.3 Å². The second kappa shape index (κ2) is 3.38. The van der Waals surface area contributed by atoms with Crippen LogP contribution in [-0.2, 0) is 6.54 Å². The number of nitrogens with one attached hydrogen (secondary N) is 1. The summed E-state index contributed by atoms with van der Waals surface area (Å²) >= 11 is 1.55. The molecule has 0 unspecified atom stereocenters. The molecule has 0 amide bonds. The molecule has 0 bridgehead atoms. The zero-order chi connectivity index (χ0) is 8.39. The van der Waals surface area contributed by atoms with Crippen molar-refractivity contribution in [1.82, 2.24) is 9.88 Å². The molecule has 1 aliphatic heterocycles. The number of nitrogens with two attached hydrogens (primary N) is 1. The number of hydrogen-bond acceptors (Lipinski definition) is 5. The average molecular weight is 184 g/mol. The smallest absolute Gasteiger partial charge is 0.197 e. The molecule has 0 aromatic carbocycles. The van der Waals surface area contributed by atoms with Crippen LogP contribution in [0.2, 0.25) is 0 Å². The zero-order valence-corrected chi connectivity index (χ0v) is 7.60. The molecule has 0 saturated carbocycles. The highest BCUT2D eigenvalue weighted by Crippen LogP contribution is 2.17. The first-order valence-corrected chi connectivity index (χ1v) is 4.90. The third-order valence-electron chi connectivity index (χ3n) is 2.01. The Morgan fingerprint density at radius 3 is 3.00 bits per heavy atom. The maximum absolute atomic E-state index is 5.22. The van der Waals surface area contributed by atoms with Gasteiger partial charge in [0.1, 0.15) is 0 Å². The lowest BCUT2D eigenvalue weighted by molar-refractivity contribution is 0.171. The molecule has 12 heavy (non-hydrogen) atoms. The van der Waals surface area contributed by atoms with Gasteiger partial charge in [-0.2, -0.15) is 0 Å². The van der Waals surface area contributed by atoms with Gasteiger partial charge in [0.05, 0.1) is 5.69 Å². The molecule has 2 rings (SSSR count). The van der Waals surface area contributed by atoms with Crippen molar-refractivity contribution < 1.29 is 0 Å². The number of nitrogens with zero attached hydrogens (tertiary/aromatic N) is 2. The van der Waals surface area contributed by atoms with E-state index in [9.17, 15) is 0 Å². The van der Waals surface area contributed by atoms with Crippen LogP contribution in [0, 0.1) is 0 Å². The van der Waals surface area contributed by atoms with Gasteiger partial charge in [-0.15, -0.1) is 11.3 Å². The second-order valence-corrected chi connectivity index (χ2v) is 3.78. The number of nitrogen functional groups attached to an aromatic ring is 1. The highest BCUT2D eigenvalue weighted by molar-refractivity contribution is 7.13. The van der Waals surface area contributed by atoms with Gasteiger partial charge in [-0.05, 0) is 19.5 Å². The molecule has 1 aromatic rings. The van der Waals surface area contributed by atoms with Gasteiger partial charge >= 0.3 is 0 Å². The molecule has 0 radical (unpaired) electrons. The molecule has 1 saturated heterocycles. The molecular formula is C7H12N4S. The van der Waals surface area contributed by atoms with Crippen LogP contribution < -0.4 is 11.3 Å². The Morgan fingerprint density at radius 2 is 2.50 bits per heavy atom. The molecular weight excluding hydrogens is 172 g/mol. The minimum absolute atomic E-state index is 0.797. The normalized spacial score (nSPS) is 17.4. The Morgan fingerprint density at radius 1 is 1.67 bits per heavy atom. The lowest BCUT2D eigenvalue weighted by atomic mass is 10.2. The van der Waals surface area contributed by atoms with Crippen molar-refractivity contribution in [2.75, 3.05) is 18.5 Å². The van der Waals surface area contributed by atoms with Gasteiger partial charge in [-0.3, -0.25) is 10.3 Å². The number of hydrogen-bond donors (Lipinski definition) is 2. The van der Waals surface area contributed by atoms with E-state index in [-0.39, 0.29) is 0 Å². The molecule has 0 spiro atoms. The van der Waals surface area contributed by atoms with E-state index in [0.29, 0.717) is 0 Å². The minimum atomic E-state index is 0.797. The van der Waals surface area contributed by atoms with E-state index in [0.717, 1.165) is 17.4 Å². The fourth-order valence-electron chi connectivity index (χ4n) is 1.21. The summed E-state index contributed by atoms with van der Waals surface area (Å²) in [5, 5.41) is 2.85. The summed E-state index contributed by atoms with van der Waals surface area (Å²) < 4.78 is 0. The largest absolute Gasteiger partial charge is 0.300 e. The third kappa shape index (κ3) is 1.57. The van der Waals surface area contributed by atoms with E-state index in [4.69, 9.17) is 5.84 Å². The molecule has 4 nitrogen and oxygen atoms in total. The van der Waals surface area contributed by atoms with Crippen LogP contribution in [-0.4, -0.2) is 23.0 Å². The fraction of sp³-hybridized carbons (Fsp3) is 0.571. The van der Waals surface area contributed by atoms with Crippen LogP contribution in [0.15, 0.2) is 5.38 Å². The van der Waals surface area contributed by atoms with Crippen LogP contribution in [0.1, 0.15) is 12.1 Å². The van der Waals surface area contributed by atoms with Crippen LogP contribution in [0.4, 0.5) is 5.13 Å². The second-order valence-electron chi connectivity index (χ2n) is 2.92. The van der Waals surface area contributed by atoms with Crippen molar-refractivity contribution in [3.05, 3.63) is 11.1 Å². The SMILES string of the molecule is NNc1nc(CN2CCC2)cs1. The van der Waals surface area contributed by atoms with E-state index < -0.39 is 0 Å². The first kappa shape index (κ1) is 7.97. The lowest BCUT2D eigenvalue weighted by Gasteiger charge is -2.29. The van der Waals surface area contributed by atoms with Crippen LogP contribution >= 0.6 is 11.3 Å². The summed E-state index contributed by atoms with van der Waals surface area (Å²) in [5.74, 6) is 5.22. The number of rotatable bonds is 3. The van der Waals surface area contributed by atoms with Crippen LogP contribution in [0.25, 0.3) is 0 Å². The van der Waals surface area contributed by atoms with E-state index in [2.05, 4.69) is 15.3 Å². The van der Waals surface area contributed by atoms with Gasteiger partial charge < -0.3 is 0 Å². The van der Waals surface area contributed by atoms with Crippen molar-refractivity contribution in [2.45, 2.75) is 13.0 Å². The van der Waals surface area contributed by atoms with Gasteiger partial charge in [-0.25, -0.2) is 10.8 Å². The summed E-state index contributed by atoms with van der Waals surface area (Å²) in [6, 6.07) is 0. The summed E-state index contributed by atoms with van der Waals surface area (Å²) in [6.45, 7) is 3.39. The summed E-state index contributed by atoms with van der Waals surface area (Å²) in [6.07, 6.45) is 1.33. The molecule has 3 N–H and O–H groups in total. The van der Waals surface area contributed by atoms with Gasteiger partial charge in [0.25, 0.3) is 0 Å². The zero-order valence-electron chi connectivity index (χ0n) is 6.79. The molecule has 1 fully saturated rings. The van der Waals surface area contributed by atoms with Crippen LogP contribution in [0.3, 0.4) is 0 Å². The minimum Gasteiger partial charge on any atom is -0.300 e. The maximum atomic E-state index is 5.22. The molecule has 5 heteroatoms. The third-order valence-corrected chi connectivity index (χ3v) is 2.83. The van der Waals surface area contributed by atoms with Gasteiger partial charge in [-0.1, -0.05) is 0 Å². The van der Waals surface area contributed by atoms with Gasteiger partial charge in [0.15, 0.2) is 5.13 Å². The van der Waals surface area contributed by atoms with E-state index in [1.165, 1.54) is 19.5 Å². The summed E-state index contributed by atoms with van der Waals surface area (Å²) in [4.78, 5) is 6.66. The van der Waals surface area contributed by atoms with Crippen molar-refractivity contribution in [2.24, 2.45) is 5.84 Å². The standard InChI is InChI=1S/C7H12N4S/c8-10-7-9-6(5-12-7)4-11-2-1-3-11/h5H,1-4,8H2,(H,9,10). The van der Waals surface area contributed by atoms with Crippen molar-refractivity contribution >= 4 is 16.5 Å². The highest BCUT2D eigenvalue weighted by atomic mass is 32.1.